The predicted octanol–water partition coefficient (Wildman–Crippen LogP) is 4.93. The summed E-state index contributed by atoms with van der Waals surface area (Å²) >= 11 is 0. The van der Waals surface area contributed by atoms with Crippen LogP contribution >= 0.6 is 0 Å². The Kier molecular flexibility index (Phi) is 3.86. The quantitative estimate of drug-likeness (QED) is 0.437. The largest absolute Gasteiger partial charge is 0.336 e. The van der Waals surface area contributed by atoms with Crippen molar-refractivity contribution >= 4 is 22.1 Å². The molecule has 0 saturated heterocycles. The van der Waals surface area contributed by atoms with Crippen LogP contribution in [0, 0.1) is 6.92 Å². The highest BCUT2D eigenvalue weighted by Gasteiger charge is 2.17. The van der Waals surface area contributed by atoms with Crippen molar-refractivity contribution in [2.24, 2.45) is 0 Å². The van der Waals surface area contributed by atoms with E-state index in [1.807, 2.05) is 48.7 Å². The van der Waals surface area contributed by atoms with E-state index in [0.29, 0.717) is 11.5 Å². The van der Waals surface area contributed by atoms with Crippen molar-refractivity contribution in [3.8, 4) is 33.9 Å². The molecule has 7 heteroatoms. The average Bonchev–Trinajstić information content (AvgIpc) is 3.43. The molecule has 0 spiro atoms. The standard InChI is InChI=1S/C24H17N7/c1-14-7-10-26-13-17(14)18-5-6-20-22(27-18)23(31-30-20)24-28-19-4-2-3-16(21(19)29-24)15-8-11-25-12-9-15/h2-13H,1H3,(H,28,29)(H,30,31). The van der Waals surface area contributed by atoms with E-state index < -0.39 is 0 Å². The van der Waals surface area contributed by atoms with Crippen molar-refractivity contribution in [2.75, 3.05) is 0 Å². The molecule has 5 aromatic heterocycles. The van der Waals surface area contributed by atoms with Gasteiger partial charge in [-0.15, -0.1) is 0 Å². The van der Waals surface area contributed by atoms with Crippen LogP contribution in [0.25, 0.3) is 56.0 Å². The number of benzene rings is 1. The number of fused-ring (bicyclic) bond motifs is 2. The first-order valence-electron chi connectivity index (χ1n) is 9.93. The second-order valence-corrected chi connectivity index (χ2v) is 7.38. The maximum Gasteiger partial charge on any atom is 0.161 e. The summed E-state index contributed by atoms with van der Waals surface area (Å²) in [4.78, 5) is 21.6. The summed E-state index contributed by atoms with van der Waals surface area (Å²) in [7, 11) is 0. The van der Waals surface area contributed by atoms with Crippen LogP contribution in [0.2, 0.25) is 0 Å². The van der Waals surface area contributed by atoms with Crippen LogP contribution in [0.5, 0.6) is 0 Å². The summed E-state index contributed by atoms with van der Waals surface area (Å²) in [6.07, 6.45) is 7.20. The fraction of sp³-hybridized carbons (Fsp3) is 0.0417. The molecule has 0 aliphatic rings. The molecule has 5 heterocycles. The molecular formula is C24H17N7. The van der Waals surface area contributed by atoms with E-state index >= 15 is 0 Å². The Labute approximate surface area is 177 Å². The number of nitrogens with zero attached hydrogens (tertiary/aromatic N) is 5. The third kappa shape index (κ3) is 2.86. The molecule has 2 N–H and O–H groups in total. The van der Waals surface area contributed by atoms with Crippen LogP contribution in [0.15, 0.2) is 73.3 Å². The van der Waals surface area contributed by atoms with E-state index in [2.05, 4.69) is 38.1 Å². The fourth-order valence-electron chi connectivity index (χ4n) is 3.85. The maximum absolute atomic E-state index is 4.89. The number of aromatic nitrogens is 7. The number of para-hydroxylation sites is 1. The van der Waals surface area contributed by atoms with Gasteiger partial charge in [-0.05, 0) is 54.4 Å². The van der Waals surface area contributed by atoms with E-state index in [1.54, 1.807) is 18.6 Å². The van der Waals surface area contributed by atoms with Gasteiger partial charge in [0, 0.05) is 35.9 Å². The highest BCUT2D eigenvalue weighted by Crippen LogP contribution is 2.31. The van der Waals surface area contributed by atoms with E-state index in [-0.39, 0.29) is 0 Å². The first kappa shape index (κ1) is 17.5. The Morgan fingerprint density at radius 1 is 0.742 bits per heavy atom. The summed E-state index contributed by atoms with van der Waals surface area (Å²) in [5.41, 5.74) is 9.24. The second-order valence-electron chi connectivity index (χ2n) is 7.38. The van der Waals surface area contributed by atoms with Gasteiger partial charge >= 0.3 is 0 Å². The van der Waals surface area contributed by atoms with Crippen LogP contribution in [-0.2, 0) is 0 Å². The Morgan fingerprint density at radius 2 is 1.61 bits per heavy atom. The molecule has 0 aliphatic heterocycles. The Hall–Kier alpha value is -4.39. The number of nitrogens with one attached hydrogen (secondary N) is 2. The molecule has 31 heavy (non-hydrogen) atoms. The zero-order valence-corrected chi connectivity index (χ0v) is 16.7. The van der Waals surface area contributed by atoms with E-state index in [4.69, 9.17) is 9.97 Å². The topological polar surface area (TPSA) is 96.0 Å². The summed E-state index contributed by atoms with van der Waals surface area (Å²) in [5.74, 6) is 0.676. The van der Waals surface area contributed by atoms with Crippen LogP contribution in [0.4, 0.5) is 0 Å². The molecule has 148 valence electrons. The van der Waals surface area contributed by atoms with Gasteiger partial charge in [0.25, 0.3) is 0 Å². The van der Waals surface area contributed by atoms with Gasteiger partial charge in [-0.2, -0.15) is 5.10 Å². The lowest BCUT2D eigenvalue weighted by Crippen LogP contribution is -1.90. The molecule has 0 radical (unpaired) electrons. The van der Waals surface area contributed by atoms with Gasteiger partial charge in [0.05, 0.1) is 22.2 Å². The number of rotatable bonds is 3. The van der Waals surface area contributed by atoms with Crippen LogP contribution < -0.4 is 0 Å². The first-order valence-corrected chi connectivity index (χ1v) is 9.93. The van der Waals surface area contributed by atoms with E-state index in [0.717, 1.165) is 50.0 Å². The number of aromatic amines is 2. The Morgan fingerprint density at radius 3 is 2.48 bits per heavy atom. The van der Waals surface area contributed by atoms with Crippen molar-refractivity contribution in [1.82, 2.24) is 35.1 Å². The number of hydrogen-bond acceptors (Lipinski definition) is 5. The second kappa shape index (κ2) is 6.84. The monoisotopic (exact) mass is 403 g/mol. The van der Waals surface area contributed by atoms with Gasteiger partial charge in [0.15, 0.2) is 11.5 Å². The third-order valence-corrected chi connectivity index (χ3v) is 5.45. The summed E-state index contributed by atoms with van der Waals surface area (Å²) in [6, 6.07) is 16.0. The van der Waals surface area contributed by atoms with Crippen molar-refractivity contribution < 1.29 is 0 Å². The lowest BCUT2D eigenvalue weighted by Gasteiger charge is -2.04. The van der Waals surface area contributed by atoms with Crippen molar-refractivity contribution in [1.29, 1.82) is 0 Å². The molecule has 0 bridgehead atoms. The molecule has 7 nitrogen and oxygen atoms in total. The highest BCUT2D eigenvalue weighted by atomic mass is 15.1. The Bertz CT molecular complexity index is 1550. The van der Waals surface area contributed by atoms with Crippen LogP contribution in [-0.4, -0.2) is 35.1 Å². The molecule has 1 aromatic carbocycles. The molecule has 0 unspecified atom stereocenters. The number of hydrogen-bond donors (Lipinski definition) is 2. The molecule has 6 aromatic rings. The highest BCUT2D eigenvalue weighted by molar-refractivity contribution is 5.96. The smallest absolute Gasteiger partial charge is 0.161 e. The van der Waals surface area contributed by atoms with E-state index in [9.17, 15) is 0 Å². The zero-order chi connectivity index (χ0) is 20.8. The lowest BCUT2D eigenvalue weighted by atomic mass is 10.1. The lowest BCUT2D eigenvalue weighted by molar-refractivity contribution is 1.10. The number of imidazole rings is 1. The maximum atomic E-state index is 4.89. The van der Waals surface area contributed by atoms with Crippen LogP contribution in [0.3, 0.4) is 0 Å². The third-order valence-electron chi connectivity index (χ3n) is 5.45. The number of aryl methyl sites for hydroxylation is 1. The van der Waals surface area contributed by atoms with Gasteiger partial charge in [0.1, 0.15) is 5.52 Å². The minimum Gasteiger partial charge on any atom is -0.336 e. The average molecular weight is 403 g/mol. The number of H-pyrrole nitrogens is 2. The molecule has 6 rings (SSSR count). The van der Waals surface area contributed by atoms with E-state index in [1.165, 1.54) is 0 Å². The molecular weight excluding hydrogens is 386 g/mol. The van der Waals surface area contributed by atoms with Gasteiger partial charge in [0.2, 0.25) is 0 Å². The predicted molar refractivity (Wildman–Crippen MR) is 120 cm³/mol. The Balaban J connectivity index is 1.52. The normalized spacial score (nSPS) is 11.4. The number of pyridine rings is 3. The van der Waals surface area contributed by atoms with Gasteiger partial charge in [-0.3, -0.25) is 15.1 Å². The zero-order valence-electron chi connectivity index (χ0n) is 16.7. The molecule has 0 aliphatic carbocycles. The van der Waals surface area contributed by atoms with Crippen molar-refractivity contribution in [3.63, 3.8) is 0 Å². The van der Waals surface area contributed by atoms with Gasteiger partial charge < -0.3 is 4.98 Å². The minimum absolute atomic E-state index is 0.676. The summed E-state index contributed by atoms with van der Waals surface area (Å²) < 4.78 is 0. The first-order chi connectivity index (χ1) is 15.3. The fourth-order valence-corrected chi connectivity index (χ4v) is 3.85. The van der Waals surface area contributed by atoms with Gasteiger partial charge in [-0.1, -0.05) is 12.1 Å². The molecule has 0 amide bonds. The van der Waals surface area contributed by atoms with Crippen molar-refractivity contribution in [3.05, 3.63) is 78.9 Å². The molecule has 0 atom stereocenters. The van der Waals surface area contributed by atoms with Gasteiger partial charge in [-0.25, -0.2) is 9.97 Å². The summed E-state index contributed by atoms with van der Waals surface area (Å²) in [5, 5.41) is 7.59. The minimum atomic E-state index is 0.676. The van der Waals surface area contributed by atoms with Crippen LogP contribution in [0.1, 0.15) is 5.56 Å². The molecule has 0 fully saturated rings. The summed E-state index contributed by atoms with van der Waals surface area (Å²) in [6.45, 7) is 2.05. The SMILES string of the molecule is Cc1ccncc1-c1ccc2[nH]nc(-c3nc4c(-c5ccncc5)cccc4[nH]3)c2n1. The molecule has 0 saturated carbocycles. The van der Waals surface area contributed by atoms with Crippen molar-refractivity contribution in [2.45, 2.75) is 6.92 Å².